The van der Waals surface area contributed by atoms with Gasteiger partial charge in [0.15, 0.2) is 0 Å². The molecule has 0 saturated heterocycles. The first-order valence-corrected chi connectivity index (χ1v) is 14.4. The van der Waals surface area contributed by atoms with Crippen LogP contribution in [0, 0.1) is 26.2 Å². The van der Waals surface area contributed by atoms with Crippen LogP contribution in [0.1, 0.15) is 68.2 Å². The highest BCUT2D eigenvalue weighted by Crippen LogP contribution is 2.63. The number of hydrogen-bond acceptors (Lipinski definition) is 2. The zero-order chi connectivity index (χ0) is 26.6. The Morgan fingerprint density at radius 3 is 1.74 bits per heavy atom. The molecular weight excluding hydrogens is 460 g/mol. The Morgan fingerprint density at radius 2 is 1.16 bits per heavy atom. The minimum Gasteiger partial charge on any atom is -0.317 e. The van der Waals surface area contributed by atoms with Crippen LogP contribution < -0.4 is 9.80 Å². The number of rotatable bonds is 5. The standard InChI is InChI=1S/C36H40N2/c1-7-29-28-22-21-27(34-25(5)16-14-17-26(34)6)23-33(28)38-32-20-13-12-19-31(32)37(30-18-11-10-15-24(30)4)35(38)36(29,8-2)9-3/h10-23,29,35H,7-9H2,1-6H3. The van der Waals surface area contributed by atoms with E-state index >= 15 is 0 Å². The molecule has 6 rings (SSSR count). The molecule has 194 valence electrons. The van der Waals surface area contributed by atoms with Gasteiger partial charge >= 0.3 is 0 Å². The molecule has 0 aliphatic carbocycles. The van der Waals surface area contributed by atoms with E-state index in [1.54, 1.807) is 0 Å². The van der Waals surface area contributed by atoms with Gasteiger partial charge in [0.25, 0.3) is 0 Å². The highest BCUT2D eigenvalue weighted by molar-refractivity contribution is 5.92. The zero-order valence-electron chi connectivity index (χ0n) is 23.8. The molecule has 2 atom stereocenters. The molecule has 2 heteroatoms. The van der Waals surface area contributed by atoms with Gasteiger partial charge in [-0.1, -0.05) is 81.4 Å². The Balaban J connectivity index is 1.67. The first-order valence-electron chi connectivity index (χ1n) is 14.4. The van der Waals surface area contributed by atoms with E-state index in [0.29, 0.717) is 5.92 Å². The SMILES string of the molecule is CCC1c2ccc(-c3c(C)cccc3C)cc2N2c3ccccc3N(c3ccccc3C)C2C1(CC)CC. The molecule has 2 aliphatic rings. The summed E-state index contributed by atoms with van der Waals surface area (Å²) in [5.74, 6) is 0.488. The molecule has 0 saturated carbocycles. The summed E-state index contributed by atoms with van der Waals surface area (Å²) in [7, 11) is 0. The lowest BCUT2D eigenvalue weighted by Gasteiger charge is -2.55. The molecule has 0 fully saturated rings. The van der Waals surface area contributed by atoms with Crippen molar-refractivity contribution in [2.24, 2.45) is 5.41 Å². The van der Waals surface area contributed by atoms with Crippen LogP contribution in [-0.4, -0.2) is 6.17 Å². The van der Waals surface area contributed by atoms with Gasteiger partial charge in [-0.3, -0.25) is 0 Å². The van der Waals surface area contributed by atoms with E-state index in [1.165, 1.54) is 56.1 Å². The third kappa shape index (κ3) is 3.39. The van der Waals surface area contributed by atoms with Crippen LogP contribution in [0.2, 0.25) is 0 Å². The fourth-order valence-corrected chi connectivity index (χ4v) is 7.82. The van der Waals surface area contributed by atoms with Gasteiger partial charge in [-0.15, -0.1) is 0 Å². The van der Waals surface area contributed by atoms with Crippen LogP contribution in [0.4, 0.5) is 22.7 Å². The van der Waals surface area contributed by atoms with E-state index in [4.69, 9.17) is 0 Å². The van der Waals surface area contributed by atoms with Gasteiger partial charge in [0, 0.05) is 16.8 Å². The topological polar surface area (TPSA) is 6.48 Å². The fourth-order valence-electron chi connectivity index (χ4n) is 7.82. The van der Waals surface area contributed by atoms with Crippen molar-refractivity contribution in [2.75, 3.05) is 9.80 Å². The summed E-state index contributed by atoms with van der Waals surface area (Å²) in [6.45, 7) is 14.0. The highest BCUT2D eigenvalue weighted by Gasteiger charge is 2.56. The molecule has 0 N–H and O–H groups in total. The Labute approximate surface area is 228 Å². The molecule has 0 amide bonds. The molecule has 0 aromatic heterocycles. The van der Waals surface area contributed by atoms with Crippen LogP contribution in [0.3, 0.4) is 0 Å². The number of nitrogens with zero attached hydrogens (tertiary/aromatic N) is 2. The molecule has 2 nitrogen and oxygen atoms in total. The molecule has 2 heterocycles. The minimum absolute atomic E-state index is 0.114. The lowest BCUT2D eigenvalue weighted by molar-refractivity contribution is 0.144. The number of aryl methyl sites for hydroxylation is 3. The number of para-hydroxylation sites is 3. The lowest BCUT2D eigenvalue weighted by Crippen LogP contribution is -2.57. The number of benzene rings is 4. The highest BCUT2D eigenvalue weighted by atomic mass is 15.4. The Bertz CT molecular complexity index is 1470. The van der Waals surface area contributed by atoms with E-state index in [1.807, 2.05) is 0 Å². The van der Waals surface area contributed by atoms with Crippen molar-refractivity contribution in [1.82, 2.24) is 0 Å². The molecule has 4 aromatic carbocycles. The molecule has 38 heavy (non-hydrogen) atoms. The predicted octanol–water partition coefficient (Wildman–Crippen LogP) is 10.2. The van der Waals surface area contributed by atoms with Crippen molar-refractivity contribution >= 4 is 22.7 Å². The number of hydrogen-bond donors (Lipinski definition) is 0. The second kappa shape index (κ2) is 9.34. The summed E-state index contributed by atoms with van der Waals surface area (Å²) in [4.78, 5) is 5.38. The summed E-state index contributed by atoms with van der Waals surface area (Å²) in [6, 6.07) is 32.0. The Kier molecular flexibility index (Phi) is 6.10. The van der Waals surface area contributed by atoms with E-state index in [0.717, 1.165) is 19.3 Å². The van der Waals surface area contributed by atoms with Gasteiger partial charge in [-0.05, 0) is 104 Å². The van der Waals surface area contributed by atoms with Crippen LogP contribution in [-0.2, 0) is 0 Å². The van der Waals surface area contributed by atoms with E-state index in [2.05, 4.69) is 136 Å². The molecular formula is C36H40N2. The normalized spacial score (nSPS) is 19.2. The minimum atomic E-state index is 0.114. The first kappa shape index (κ1) is 24.8. The second-order valence-corrected chi connectivity index (χ2v) is 11.3. The van der Waals surface area contributed by atoms with Crippen LogP contribution in [0.25, 0.3) is 11.1 Å². The van der Waals surface area contributed by atoms with Crippen LogP contribution >= 0.6 is 0 Å². The molecule has 2 unspecified atom stereocenters. The van der Waals surface area contributed by atoms with E-state index in [9.17, 15) is 0 Å². The van der Waals surface area contributed by atoms with Crippen LogP contribution in [0.5, 0.6) is 0 Å². The first-order chi connectivity index (χ1) is 18.5. The van der Waals surface area contributed by atoms with Gasteiger partial charge in [0.05, 0.1) is 11.4 Å². The lowest BCUT2D eigenvalue weighted by atomic mass is 9.62. The van der Waals surface area contributed by atoms with E-state index < -0.39 is 0 Å². The van der Waals surface area contributed by atoms with Crippen LogP contribution in [0.15, 0.2) is 84.9 Å². The van der Waals surface area contributed by atoms with Crippen molar-refractivity contribution < 1.29 is 0 Å². The predicted molar refractivity (Wildman–Crippen MR) is 163 cm³/mol. The number of anilines is 4. The van der Waals surface area contributed by atoms with Crippen molar-refractivity contribution in [2.45, 2.75) is 72.9 Å². The fraction of sp³-hybridized carbons (Fsp3) is 0.333. The summed E-state index contributed by atoms with van der Waals surface area (Å²) in [5, 5.41) is 0. The Hall–Kier alpha value is -3.52. The van der Waals surface area contributed by atoms with Gasteiger partial charge in [-0.25, -0.2) is 0 Å². The molecule has 4 aromatic rings. The van der Waals surface area contributed by atoms with Crippen molar-refractivity contribution in [3.8, 4) is 11.1 Å². The smallest absolute Gasteiger partial charge is 0.117 e. The van der Waals surface area contributed by atoms with E-state index in [-0.39, 0.29) is 11.6 Å². The maximum absolute atomic E-state index is 2.70. The third-order valence-corrected chi connectivity index (χ3v) is 9.63. The zero-order valence-corrected chi connectivity index (χ0v) is 23.8. The van der Waals surface area contributed by atoms with Gasteiger partial charge in [0.1, 0.15) is 6.17 Å². The third-order valence-electron chi connectivity index (χ3n) is 9.63. The largest absolute Gasteiger partial charge is 0.317 e. The molecule has 0 bridgehead atoms. The maximum Gasteiger partial charge on any atom is 0.117 e. The number of fused-ring (bicyclic) bond motifs is 5. The summed E-state index contributed by atoms with van der Waals surface area (Å²) < 4.78 is 0. The quantitative estimate of drug-likeness (QED) is 0.269. The Morgan fingerprint density at radius 1 is 0.605 bits per heavy atom. The summed E-state index contributed by atoms with van der Waals surface area (Å²) in [6.07, 6.45) is 3.64. The van der Waals surface area contributed by atoms with Crippen molar-refractivity contribution in [3.63, 3.8) is 0 Å². The maximum atomic E-state index is 2.70. The molecule has 0 radical (unpaired) electrons. The van der Waals surface area contributed by atoms with Gasteiger partial charge in [-0.2, -0.15) is 0 Å². The molecule has 2 aliphatic heterocycles. The summed E-state index contributed by atoms with van der Waals surface area (Å²) in [5.41, 5.74) is 13.6. The second-order valence-electron chi connectivity index (χ2n) is 11.3. The molecule has 0 spiro atoms. The monoisotopic (exact) mass is 500 g/mol. The van der Waals surface area contributed by atoms with Gasteiger partial charge < -0.3 is 9.80 Å². The van der Waals surface area contributed by atoms with Crippen molar-refractivity contribution in [3.05, 3.63) is 107 Å². The average molecular weight is 501 g/mol. The van der Waals surface area contributed by atoms with Crippen molar-refractivity contribution in [1.29, 1.82) is 0 Å². The summed E-state index contributed by atoms with van der Waals surface area (Å²) >= 11 is 0. The van der Waals surface area contributed by atoms with Gasteiger partial charge in [0.2, 0.25) is 0 Å². The average Bonchev–Trinajstić information content (AvgIpc) is 3.28.